The summed E-state index contributed by atoms with van der Waals surface area (Å²) in [6.07, 6.45) is 1.21. The Morgan fingerprint density at radius 1 is 1.32 bits per heavy atom. The van der Waals surface area contributed by atoms with Crippen molar-refractivity contribution in [2.45, 2.75) is 6.42 Å². The van der Waals surface area contributed by atoms with Gasteiger partial charge in [0.25, 0.3) is 5.91 Å². The van der Waals surface area contributed by atoms with E-state index in [1.54, 1.807) is 6.07 Å². The minimum Gasteiger partial charge on any atom is -0.464 e. The molecule has 7 nitrogen and oxygen atoms in total. The number of amides is 2. The van der Waals surface area contributed by atoms with Crippen molar-refractivity contribution in [3.63, 3.8) is 0 Å². The van der Waals surface area contributed by atoms with E-state index < -0.39 is 5.97 Å². The van der Waals surface area contributed by atoms with E-state index in [0.29, 0.717) is 25.9 Å². The molecule has 0 spiro atoms. The lowest BCUT2D eigenvalue weighted by atomic mass is 10.3. The number of carbonyl (C=O) groups is 3. The normalized spacial score (nSPS) is 9.53. The van der Waals surface area contributed by atoms with Crippen LogP contribution in [0.4, 0.5) is 0 Å². The number of nitrogens with one attached hydrogen (secondary N) is 2. The van der Waals surface area contributed by atoms with Crippen LogP contribution in [-0.4, -0.2) is 43.5 Å². The van der Waals surface area contributed by atoms with Gasteiger partial charge < -0.3 is 15.4 Å². The van der Waals surface area contributed by atoms with Gasteiger partial charge in [-0.05, 0) is 18.6 Å². The number of ether oxygens (including phenoxy) is 1. The summed E-state index contributed by atoms with van der Waals surface area (Å²) >= 11 is 0. The van der Waals surface area contributed by atoms with Crippen LogP contribution >= 0.6 is 0 Å². The lowest BCUT2D eigenvalue weighted by Crippen LogP contribution is -2.28. The molecule has 0 fully saturated rings. The first-order valence-electron chi connectivity index (χ1n) is 5.69. The Labute approximate surface area is 110 Å². The summed E-state index contributed by atoms with van der Waals surface area (Å²) in [5.74, 6) is -0.971. The van der Waals surface area contributed by atoms with Crippen molar-refractivity contribution in [1.29, 1.82) is 0 Å². The van der Waals surface area contributed by atoms with Gasteiger partial charge in [0.05, 0.1) is 7.11 Å². The fourth-order valence-corrected chi connectivity index (χ4v) is 1.32. The van der Waals surface area contributed by atoms with E-state index in [0.717, 1.165) is 0 Å². The first-order valence-corrected chi connectivity index (χ1v) is 5.69. The molecule has 2 amide bonds. The number of nitrogens with zero attached hydrogens (tertiary/aromatic N) is 1. The maximum absolute atomic E-state index is 11.7. The smallest absolute Gasteiger partial charge is 0.356 e. The number of carbonyl (C=O) groups excluding carboxylic acids is 3. The van der Waals surface area contributed by atoms with Crippen LogP contribution in [0, 0.1) is 0 Å². The van der Waals surface area contributed by atoms with E-state index in [1.165, 1.54) is 19.2 Å². The Hall–Kier alpha value is -2.44. The Kier molecular flexibility index (Phi) is 6.00. The highest BCUT2D eigenvalue weighted by atomic mass is 16.5. The minimum absolute atomic E-state index is 0.0813. The lowest BCUT2D eigenvalue weighted by Gasteiger charge is -2.05. The van der Waals surface area contributed by atoms with Crippen molar-refractivity contribution in [3.8, 4) is 0 Å². The van der Waals surface area contributed by atoms with E-state index >= 15 is 0 Å². The maximum Gasteiger partial charge on any atom is 0.356 e. The predicted octanol–water partition coefficient (Wildman–Crippen LogP) is -0.266. The fourth-order valence-electron chi connectivity index (χ4n) is 1.32. The minimum atomic E-state index is -0.593. The van der Waals surface area contributed by atoms with Gasteiger partial charge >= 0.3 is 5.97 Å². The molecule has 0 saturated heterocycles. The van der Waals surface area contributed by atoms with Crippen LogP contribution in [0.15, 0.2) is 18.2 Å². The first kappa shape index (κ1) is 14.6. The molecule has 0 aliphatic rings. The van der Waals surface area contributed by atoms with Crippen molar-refractivity contribution in [2.75, 3.05) is 20.2 Å². The van der Waals surface area contributed by atoms with Crippen LogP contribution in [-0.2, 0) is 9.53 Å². The van der Waals surface area contributed by atoms with Crippen molar-refractivity contribution in [3.05, 3.63) is 29.6 Å². The predicted molar refractivity (Wildman–Crippen MR) is 66.6 cm³/mol. The van der Waals surface area contributed by atoms with Gasteiger partial charge in [0.15, 0.2) is 0 Å². The third-order valence-electron chi connectivity index (χ3n) is 2.24. The second kappa shape index (κ2) is 7.80. The monoisotopic (exact) mass is 265 g/mol. The first-order chi connectivity index (χ1) is 9.19. The van der Waals surface area contributed by atoms with Crippen LogP contribution in [0.2, 0.25) is 0 Å². The highest BCUT2D eigenvalue weighted by Crippen LogP contribution is 2.01. The average molecular weight is 265 g/mol. The number of pyridine rings is 1. The second-order valence-electron chi connectivity index (χ2n) is 3.58. The Morgan fingerprint density at radius 2 is 2.05 bits per heavy atom. The SMILES string of the molecule is COC(=O)c1cccc(C(=O)NCCCNC=O)n1. The standard InChI is InChI=1S/C12H15N3O4/c1-19-12(18)10-5-2-4-9(15-10)11(17)14-7-3-6-13-8-16/h2,4-5,8H,3,6-7H2,1H3,(H,13,16)(H,14,17). The molecule has 1 heterocycles. The molecule has 0 unspecified atom stereocenters. The Morgan fingerprint density at radius 3 is 2.74 bits per heavy atom. The van der Waals surface area contributed by atoms with Gasteiger partial charge in [-0.15, -0.1) is 0 Å². The molecule has 0 atom stereocenters. The highest BCUT2D eigenvalue weighted by Gasteiger charge is 2.11. The van der Waals surface area contributed by atoms with Crippen molar-refractivity contribution >= 4 is 18.3 Å². The zero-order chi connectivity index (χ0) is 14.1. The van der Waals surface area contributed by atoms with E-state index in [9.17, 15) is 14.4 Å². The van der Waals surface area contributed by atoms with Crippen LogP contribution in [0.5, 0.6) is 0 Å². The highest BCUT2D eigenvalue weighted by molar-refractivity contribution is 5.94. The summed E-state index contributed by atoms with van der Waals surface area (Å²) in [5, 5.41) is 5.12. The largest absolute Gasteiger partial charge is 0.464 e. The number of hydrogen-bond acceptors (Lipinski definition) is 5. The Bertz CT molecular complexity index is 462. The van der Waals surface area contributed by atoms with Crippen LogP contribution in [0.1, 0.15) is 27.4 Å². The third kappa shape index (κ3) is 4.74. The zero-order valence-corrected chi connectivity index (χ0v) is 10.5. The molecular formula is C12H15N3O4. The molecule has 0 aromatic carbocycles. The molecule has 102 valence electrons. The topological polar surface area (TPSA) is 97.4 Å². The maximum atomic E-state index is 11.7. The van der Waals surface area contributed by atoms with Gasteiger partial charge in [0, 0.05) is 13.1 Å². The quantitative estimate of drug-likeness (QED) is 0.402. The molecule has 0 radical (unpaired) electrons. The molecule has 0 saturated carbocycles. The van der Waals surface area contributed by atoms with Gasteiger partial charge in [0.1, 0.15) is 11.4 Å². The summed E-state index contributed by atoms with van der Waals surface area (Å²) in [7, 11) is 1.25. The molecule has 2 N–H and O–H groups in total. The number of methoxy groups -OCH3 is 1. The van der Waals surface area contributed by atoms with E-state index in [2.05, 4.69) is 20.4 Å². The number of aromatic nitrogens is 1. The number of rotatable bonds is 7. The molecular weight excluding hydrogens is 250 g/mol. The van der Waals surface area contributed by atoms with Gasteiger partial charge in [-0.2, -0.15) is 0 Å². The van der Waals surface area contributed by atoms with Gasteiger partial charge in [-0.1, -0.05) is 6.07 Å². The molecule has 0 aliphatic heterocycles. The molecule has 7 heteroatoms. The third-order valence-corrected chi connectivity index (χ3v) is 2.24. The summed E-state index contributed by atoms with van der Waals surface area (Å²) in [5.41, 5.74) is 0.226. The van der Waals surface area contributed by atoms with E-state index in [-0.39, 0.29) is 17.3 Å². The summed E-state index contributed by atoms with van der Waals surface area (Å²) in [4.78, 5) is 36.9. The fraction of sp³-hybridized carbons (Fsp3) is 0.333. The molecule has 0 aliphatic carbocycles. The molecule has 1 aromatic heterocycles. The summed E-state index contributed by atoms with van der Waals surface area (Å²) in [6.45, 7) is 0.892. The molecule has 0 bridgehead atoms. The number of esters is 1. The molecule has 1 rings (SSSR count). The molecule has 1 aromatic rings. The Balaban J connectivity index is 2.52. The summed E-state index contributed by atoms with van der Waals surface area (Å²) < 4.78 is 4.52. The molecule has 19 heavy (non-hydrogen) atoms. The van der Waals surface area contributed by atoms with Crippen molar-refractivity contribution in [1.82, 2.24) is 15.6 Å². The average Bonchev–Trinajstić information content (AvgIpc) is 2.46. The second-order valence-corrected chi connectivity index (χ2v) is 3.58. The van der Waals surface area contributed by atoms with Gasteiger partial charge in [0.2, 0.25) is 6.41 Å². The zero-order valence-electron chi connectivity index (χ0n) is 10.5. The van der Waals surface area contributed by atoms with E-state index in [1.807, 2.05) is 0 Å². The van der Waals surface area contributed by atoms with Crippen LogP contribution in [0.3, 0.4) is 0 Å². The van der Waals surface area contributed by atoms with E-state index in [4.69, 9.17) is 0 Å². The van der Waals surface area contributed by atoms with Gasteiger partial charge in [-0.3, -0.25) is 9.59 Å². The van der Waals surface area contributed by atoms with Gasteiger partial charge in [-0.25, -0.2) is 9.78 Å². The van der Waals surface area contributed by atoms with Crippen LogP contribution < -0.4 is 10.6 Å². The van der Waals surface area contributed by atoms with Crippen molar-refractivity contribution < 1.29 is 19.1 Å². The van der Waals surface area contributed by atoms with Crippen LogP contribution in [0.25, 0.3) is 0 Å². The number of hydrogen-bond donors (Lipinski definition) is 2. The van der Waals surface area contributed by atoms with Crippen molar-refractivity contribution in [2.24, 2.45) is 0 Å². The lowest BCUT2D eigenvalue weighted by molar-refractivity contribution is -0.109. The summed E-state index contributed by atoms with van der Waals surface area (Å²) in [6, 6.07) is 4.53.